The topological polar surface area (TPSA) is 102 Å². The second-order valence-corrected chi connectivity index (χ2v) is 8.81. The average molecular weight is 479 g/mol. The average Bonchev–Trinajstić information content (AvgIpc) is 2.76. The molecule has 0 aromatic heterocycles. The molecule has 0 aliphatic carbocycles. The molecule has 0 radical (unpaired) electrons. The molecule has 0 heterocycles. The summed E-state index contributed by atoms with van der Waals surface area (Å²) in [6, 6.07) is 10.2. The molecule has 170 valence electrons. The SMILES string of the molecule is CSc1ccc(C(=O)COC(=O)C(C)SCC(=O)Nc2ccc(F)cc2)cc1NC(C)=O. The van der Waals surface area contributed by atoms with Gasteiger partial charge in [0.05, 0.1) is 11.4 Å². The molecule has 2 aromatic rings. The summed E-state index contributed by atoms with van der Waals surface area (Å²) in [5.74, 6) is -2.07. The third kappa shape index (κ3) is 8.01. The number of thioether (sulfide) groups is 2. The Morgan fingerprint density at radius 2 is 1.75 bits per heavy atom. The number of rotatable bonds is 10. The van der Waals surface area contributed by atoms with Crippen LogP contribution >= 0.6 is 23.5 Å². The maximum atomic E-state index is 12.9. The lowest BCUT2D eigenvalue weighted by Gasteiger charge is -2.12. The summed E-state index contributed by atoms with van der Waals surface area (Å²) >= 11 is 2.48. The lowest BCUT2D eigenvalue weighted by atomic mass is 10.1. The van der Waals surface area contributed by atoms with Gasteiger partial charge in [-0.05, 0) is 49.6 Å². The largest absolute Gasteiger partial charge is 0.456 e. The number of benzene rings is 2. The quantitative estimate of drug-likeness (QED) is 0.302. The lowest BCUT2D eigenvalue weighted by molar-refractivity contribution is -0.141. The number of ketones is 1. The van der Waals surface area contributed by atoms with Crippen molar-refractivity contribution in [3.05, 3.63) is 53.8 Å². The van der Waals surface area contributed by atoms with Gasteiger partial charge in [0.25, 0.3) is 0 Å². The predicted octanol–water partition coefficient (Wildman–Crippen LogP) is 3.99. The Kier molecular flexibility index (Phi) is 9.73. The van der Waals surface area contributed by atoms with E-state index in [1.54, 1.807) is 25.1 Å². The van der Waals surface area contributed by atoms with E-state index in [1.807, 2.05) is 6.26 Å². The molecular formula is C22H23FN2O5S2. The van der Waals surface area contributed by atoms with Gasteiger partial charge in [-0.25, -0.2) is 4.39 Å². The van der Waals surface area contributed by atoms with E-state index in [9.17, 15) is 23.6 Å². The Bertz CT molecular complexity index is 998. The van der Waals surface area contributed by atoms with E-state index < -0.39 is 29.4 Å². The van der Waals surface area contributed by atoms with Gasteiger partial charge in [-0.3, -0.25) is 19.2 Å². The summed E-state index contributed by atoms with van der Waals surface area (Å²) in [5.41, 5.74) is 1.26. The lowest BCUT2D eigenvalue weighted by Crippen LogP contribution is -2.23. The smallest absolute Gasteiger partial charge is 0.319 e. The summed E-state index contributed by atoms with van der Waals surface area (Å²) < 4.78 is 18.0. The fraction of sp³-hybridized carbons (Fsp3) is 0.273. The number of anilines is 2. The predicted molar refractivity (Wildman–Crippen MR) is 125 cm³/mol. The normalized spacial score (nSPS) is 11.4. The zero-order chi connectivity index (χ0) is 23.7. The highest BCUT2D eigenvalue weighted by Gasteiger charge is 2.19. The van der Waals surface area contributed by atoms with Gasteiger partial charge >= 0.3 is 5.97 Å². The third-order valence-corrected chi connectivity index (χ3v) is 6.02. The highest BCUT2D eigenvalue weighted by atomic mass is 32.2. The Labute approximate surface area is 193 Å². The van der Waals surface area contributed by atoms with Gasteiger partial charge in [0.1, 0.15) is 11.1 Å². The number of ether oxygens (including phenoxy) is 1. The summed E-state index contributed by atoms with van der Waals surface area (Å²) in [6.45, 7) is 2.49. The molecule has 0 bridgehead atoms. The summed E-state index contributed by atoms with van der Waals surface area (Å²) in [7, 11) is 0. The van der Waals surface area contributed by atoms with Gasteiger partial charge in [0, 0.05) is 23.1 Å². The van der Waals surface area contributed by atoms with Crippen molar-refractivity contribution in [3.8, 4) is 0 Å². The van der Waals surface area contributed by atoms with Crippen molar-refractivity contribution in [1.29, 1.82) is 0 Å². The van der Waals surface area contributed by atoms with Crippen molar-refractivity contribution in [3.63, 3.8) is 0 Å². The minimum Gasteiger partial charge on any atom is -0.456 e. The van der Waals surface area contributed by atoms with Crippen molar-refractivity contribution in [2.24, 2.45) is 0 Å². The number of halogens is 1. The minimum absolute atomic E-state index is 0.0161. The van der Waals surface area contributed by atoms with Crippen LogP contribution in [0.25, 0.3) is 0 Å². The number of hydrogen-bond donors (Lipinski definition) is 2. The van der Waals surface area contributed by atoms with E-state index >= 15 is 0 Å². The fourth-order valence-corrected chi connectivity index (χ4v) is 3.72. The van der Waals surface area contributed by atoms with Crippen LogP contribution < -0.4 is 10.6 Å². The number of carbonyl (C=O) groups is 4. The minimum atomic E-state index is -0.671. The van der Waals surface area contributed by atoms with Crippen molar-refractivity contribution in [2.75, 3.05) is 29.2 Å². The van der Waals surface area contributed by atoms with E-state index in [-0.39, 0.29) is 17.6 Å². The molecule has 2 aromatic carbocycles. The molecule has 2 N–H and O–H groups in total. The standard InChI is InChI=1S/C22H23FN2O5S2/c1-13(32-12-21(28)25-17-7-5-16(23)6-8-17)22(29)30-11-19(27)15-4-9-20(31-3)18(10-15)24-14(2)26/h4-10,13H,11-12H2,1-3H3,(H,24,26)(H,25,28). The molecule has 0 fully saturated rings. The molecule has 1 unspecified atom stereocenters. The number of esters is 1. The van der Waals surface area contributed by atoms with Gasteiger partial charge < -0.3 is 15.4 Å². The first kappa shape index (κ1) is 25.4. The van der Waals surface area contributed by atoms with Crippen LogP contribution in [0.4, 0.5) is 15.8 Å². The van der Waals surface area contributed by atoms with Crippen LogP contribution in [0.5, 0.6) is 0 Å². The molecule has 0 aliphatic rings. The first-order valence-corrected chi connectivity index (χ1v) is 11.8. The molecule has 32 heavy (non-hydrogen) atoms. The van der Waals surface area contributed by atoms with Gasteiger partial charge in [0.2, 0.25) is 11.8 Å². The maximum absolute atomic E-state index is 12.9. The van der Waals surface area contributed by atoms with Crippen molar-refractivity contribution in [1.82, 2.24) is 0 Å². The Morgan fingerprint density at radius 1 is 1.06 bits per heavy atom. The van der Waals surface area contributed by atoms with E-state index in [0.29, 0.717) is 16.9 Å². The molecular weight excluding hydrogens is 455 g/mol. The highest BCUT2D eigenvalue weighted by Crippen LogP contribution is 2.27. The van der Waals surface area contributed by atoms with Gasteiger partial charge in [-0.15, -0.1) is 23.5 Å². The van der Waals surface area contributed by atoms with Crippen LogP contribution in [-0.4, -0.2) is 47.4 Å². The van der Waals surface area contributed by atoms with E-state index in [2.05, 4.69) is 10.6 Å². The van der Waals surface area contributed by atoms with E-state index in [0.717, 1.165) is 16.7 Å². The van der Waals surface area contributed by atoms with E-state index in [1.165, 1.54) is 43.0 Å². The van der Waals surface area contributed by atoms with Gasteiger partial charge in [-0.1, -0.05) is 6.07 Å². The number of carbonyl (C=O) groups excluding carboxylic acids is 4. The third-order valence-electron chi connectivity index (χ3n) is 4.10. The van der Waals surface area contributed by atoms with Crippen LogP contribution in [-0.2, 0) is 19.1 Å². The number of hydrogen-bond acceptors (Lipinski definition) is 7. The number of Topliss-reactive ketones (excluding diaryl/α,β-unsaturated/α-hetero) is 1. The highest BCUT2D eigenvalue weighted by molar-refractivity contribution is 8.01. The van der Waals surface area contributed by atoms with Crippen LogP contribution in [0.3, 0.4) is 0 Å². The summed E-state index contributed by atoms with van der Waals surface area (Å²) in [5, 5.41) is 4.60. The van der Waals surface area contributed by atoms with Crippen molar-refractivity contribution < 1.29 is 28.3 Å². The van der Waals surface area contributed by atoms with Crippen LogP contribution in [0.1, 0.15) is 24.2 Å². The molecule has 7 nitrogen and oxygen atoms in total. The summed E-state index contributed by atoms with van der Waals surface area (Å²) in [4.78, 5) is 48.7. The second kappa shape index (κ2) is 12.3. The second-order valence-electron chi connectivity index (χ2n) is 6.64. The number of nitrogens with one attached hydrogen (secondary N) is 2. The zero-order valence-electron chi connectivity index (χ0n) is 17.8. The molecule has 0 spiro atoms. The molecule has 1 atom stereocenters. The molecule has 2 amide bonds. The van der Waals surface area contributed by atoms with Crippen molar-refractivity contribution in [2.45, 2.75) is 24.0 Å². The first-order chi connectivity index (χ1) is 15.2. The van der Waals surface area contributed by atoms with Crippen molar-refractivity contribution >= 4 is 58.5 Å². The Morgan fingerprint density at radius 3 is 2.38 bits per heavy atom. The van der Waals surface area contributed by atoms with Crippen LogP contribution in [0.15, 0.2) is 47.4 Å². The van der Waals surface area contributed by atoms with Crippen LogP contribution in [0, 0.1) is 5.82 Å². The molecule has 2 rings (SSSR count). The van der Waals surface area contributed by atoms with E-state index in [4.69, 9.17) is 4.74 Å². The molecule has 0 saturated heterocycles. The zero-order valence-corrected chi connectivity index (χ0v) is 19.4. The molecule has 0 aliphatic heterocycles. The van der Waals surface area contributed by atoms with Gasteiger partial charge in [0.15, 0.2) is 12.4 Å². The molecule has 0 saturated carbocycles. The monoisotopic (exact) mass is 478 g/mol. The Balaban J connectivity index is 1.83. The molecule has 10 heteroatoms. The fourth-order valence-electron chi connectivity index (χ4n) is 2.51. The summed E-state index contributed by atoms with van der Waals surface area (Å²) in [6.07, 6.45) is 1.85. The first-order valence-electron chi connectivity index (χ1n) is 9.52. The van der Waals surface area contributed by atoms with Gasteiger partial charge in [-0.2, -0.15) is 0 Å². The van der Waals surface area contributed by atoms with Crippen LogP contribution in [0.2, 0.25) is 0 Å². The number of amides is 2. The Hall–Kier alpha value is -2.85. The maximum Gasteiger partial charge on any atom is 0.319 e.